The van der Waals surface area contributed by atoms with E-state index in [2.05, 4.69) is 0 Å². The number of aromatic nitrogens is 1. The van der Waals surface area contributed by atoms with E-state index in [1.165, 1.54) is 22.8 Å². The van der Waals surface area contributed by atoms with Crippen LogP contribution in [0.4, 0.5) is 4.39 Å². The third kappa shape index (κ3) is 3.05. The Hall–Kier alpha value is -1.94. The van der Waals surface area contributed by atoms with E-state index in [1.54, 1.807) is 18.2 Å². The smallest absolute Gasteiger partial charge is 0.263 e. The van der Waals surface area contributed by atoms with Crippen LogP contribution in [0.3, 0.4) is 0 Å². The molecule has 2 aromatic rings. The third-order valence-corrected chi connectivity index (χ3v) is 3.70. The molecule has 1 aromatic heterocycles. The zero-order valence-corrected chi connectivity index (χ0v) is 12.5. The number of halogens is 2. The zero-order valence-electron chi connectivity index (χ0n) is 11.8. The van der Waals surface area contributed by atoms with Gasteiger partial charge in [-0.25, -0.2) is 4.39 Å². The Bertz CT molecular complexity index is 722. The Labute approximate surface area is 127 Å². The van der Waals surface area contributed by atoms with E-state index >= 15 is 0 Å². The lowest BCUT2D eigenvalue weighted by Crippen LogP contribution is -2.28. The quantitative estimate of drug-likeness (QED) is 0.801. The van der Waals surface area contributed by atoms with Crippen LogP contribution in [0.2, 0.25) is 0 Å². The number of carbonyl (C=O) groups excluding carboxylic acids is 1. The lowest BCUT2D eigenvalue weighted by Gasteiger charge is -2.19. The van der Waals surface area contributed by atoms with Crippen molar-refractivity contribution in [1.29, 1.82) is 0 Å². The number of pyridine rings is 1. The molecule has 0 bridgehead atoms. The minimum absolute atomic E-state index is 0.0529. The van der Waals surface area contributed by atoms with Crippen molar-refractivity contribution in [3.05, 3.63) is 58.1 Å². The van der Waals surface area contributed by atoms with Gasteiger partial charge in [-0.15, -0.1) is 0 Å². The van der Waals surface area contributed by atoms with Crippen LogP contribution in [-0.4, -0.2) is 9.81 Å². The van der Waals surface area contributed by atoms with Gasteiger partial charge in [0.05, 0.1) is 11.3 Å². The molecule has 0 radical (unpaired) electrons. The van der Waals surface area contributed by atoms with E-state index in [-0.39, 0.29) is 17.4 Å². The summed E-state index contributed by atoms with van der Waals surface area (Å²) >= 11 is 5.45. The predicted octanol–water partition coefficient (Wildman–Crippen LogP) is 4.00. The van der Waals surface area contributed by atoms with Crippen molar-refractivity contribution in [2.75, 3.05) is 0 Å². The zero-order chi connectivity index (χ0) is 15.6. The molecule has 0 saturated heterocycles. The summed E-state index contributed by atoms with van der Waals surface area (Å²) in [5, 5.41) is -0.775. The SMILES string of the molecule is CCC(C)n1c(-c2ccc(F)cc2)ccc(C(=O)Cl)c1=O. The van der Waals surface area contributed by atoms with Crippen molar-refractivity contribution in [3.63, 3.8) is 0 Å². The van der Waals surface area contributed by atoms with Crippen LogP contribution < -0.4 is 5.56 Å². The van der Waals surface area contributed by atoms with Crippen LogP contribution in [0.5, 0.6) is 0 Å². The van der Waals surface area contributed by atoms with Gasteiger partial charge in [0.2, 0.25) is 0 Å². The van der Waals surface area contributed by atoms with Crippen molar-refractivity contribution in [2.45, 2.75) is 26.3 Å². The standard InChI is InChI=1S/C16H15ClFNO2/c1-3-10(2)19-14(11-4-6-12(18)7-5-11)9-8-13(15(17)20)16(19)21/h4-10H,3H2,1-2H3. The Balaban J connectivity index is 2.71. The van der Waals surface area contributed by atoms with Crippen LogP contribution in [0.15, 0.2) is 41.2 Å². The second-order valence-corrected chi connectivity index (χ2v) is 5.19. The molecule has 1 unspecified atom stereocenters. The first-order valence-corrected chi connectivity index (χ1v) is 7.04. The number of nitrogens with zero attached hydrogens (tertiary/aromatic N) is 1. The van der Waals surface area contributed by atoms with Crippen LogP contribution in [-0.2, 0) is 0 Å². The van der Waals surface area contributed by atoms with Gasteiger partial charge in [-0.3, -0.25) is 9.59 Å². The van der Waals surface area contributed by atoms with Gasteiger partial charge < -0.3 is 4.57 Å². The van der Waals surface area contributed by atoms with E-state index in [1.807, 2.05) is 13.8 Å². The first kappa shape index (κ1) is 15.4. The summed E-state index contributed by atoms with van der Waals surface area (Å²) in [5.74, 6) is -0.344. The Morgan fingerprint density at radius 2 is 1.86 bits per heavy atom. The average Bonchev–Trinajstić information content (AvgIpc) is 2.46. The van der Waals surface area contributed by atoms with Gasteiger partial charge in [-0.1, -0.05) is 6.92 Å². The number of hydrogen-bond donors (Lipinski definition) is 0. The van der Waals surface area contributed by atoms with Gasteiger partial charge in [0.25, 0.3) is 10.8 Å². The van der Waals surface area contributed by atoms with Crippen LogP contribution >= 0.6 is 11.6 Å². The highest BCUT2D eigenvalue weighted by atomic mass is 35.5. The molecule has 0 spiro atoms. The highest BCUT2D eigenvalue weighted by molar-refractivity contribution is 6.67. The minimum Gasteiger partial charge on any atom is -0.305 e. The molecule has 0 fully saturated rings. The molecule has 0 N–H and O–H groups in total. The number of benzene rings is 1. The summed E-state index contributed by atoms with van der Waals surface area (Å²) in [6.45, 7) is 3.83. The number of carbonyl (C=O) groups is 1. The molecule has 110 valence electrons. The Morgan fingerprint density at radius 3 is 2.38 bits per heavy atom. The monoisotopic (exact) mass is 307 g/mol. The molecule has 0 amide bonds. The van der Waals surface area contributed by atoms with Crippen LogP contribution in [0.1, 0.15) is 36.7 Å². The van der Waals surface area contributed by atoms with Gasteiger partial charge in [-0.05, 0) is 66.9 Å². The predicted molar refractivity (Wildman–Crippen MR) is 81.3 cm³/mol. The van der Waals surface area contributed by atoms with Crippen LogP contribution in [0.25, 0.3) is 11.3 Å². The molecule has 0 aliphatic rings. The molecule has 0 aliphatic carbocycles. The molecule has 2 rings (SSSR count). The van der Waals surface area contributed by atoms with Gasteiger partial charge in [-0.2, -0.15) is 0 Å². The van der Waals surface area contributed by atoms with Gasteiger partial charge >= 0.3 is 0 Å². The Kier molecular flexibility index (Phi) is 4.58. The molecule has 1 atom stereocenters. The molecular formula is C16H15ClFNO2. The highest BCUT2D eigenvalue weighted by Crippen LogP contribution is 2.23. The largest absolute Gasteiger partial charge is 0.305 e. The molecule has 3 nitrogen and oxygen atoms in total. The summed E-state index contributed by atoms with van der Waals surface area (Å²) in [6, 6.07) is 8.85. The average molecular weight is 308 g/mol. The summed E-state index contributed by atoms with van der Waals surface area (Å²) in [6.07, 6.45) is 0.716. The van der Waals surface area contributed by atoms with Crippen molar-refractivity contribution < 1.29 is 9.18 Å². The first-order valence-electron chi connectivity index (χ1n) is 6.67. The summed E-state index contributed by atoms with van der Waals surface area (Å²) in [4.78, 5) is 23.8. The van der Waals surface area contributed by atoms with Crippen molar-refractivity contribution in [2.24, 2.45) is 0 Å². The van der Waals surface area contributed by atoms with E-state index in [4.69, 9.17) is 11.6 Å². The second-order valence-electron chi connectivity index (χ2n) is 4.85. The van der Waals surface area contributed by atoms with Crippen LogP contribution in [0, 0.1) is 5.82 Å². The number of hydrogen-bond acceptors (Lipinski definition) is 2. The van der Waals surface area contributed by atoms with Gasteiger partial charge in [0.1, 0.15) is 5.82 Å². The molecular weight excluding hydrogens is 293 g/mol. The fourth-order valence-electron chi connectivity index (χ4n) is 2.18. The number of rotatable bonds is 4. The van der Waals surface area contributed by atoms with Crippen molar-refractivity contribution >= 4 is 16.8 Å². The van der Waals surface area contributed by atoms with Crippen molar-refractivity contribution in [3.8, 4) is 11.3 Å². The first-order chi connectivity index (χ1) is 9.95. The molecule has 1 aromatic carbocycles. The lowest BCUT2D eigenvalue weighted by molar-refractivity contribution is 0.107. The van der Waals surface area contributed by atoms with Crippen molar-refractivity contribution in [1.82, 2.24) is 4.57 Å². The maximum absolute atomic E-state index is 13.0. The summed E-state index contributed by atoms with van der Waals surface area (Å²) in [5.41, 5.74) is 0.868. The lowest BCUT2D eigenvalue weighted by atomic mass is 10.1. The maximum Gasteiger partial charge on any atom is 0.263 e. The fourth-order valence-corrected chi connectivity index (χ4v) is 2.32. The third-order valence-electron chi connectivity index (χ3n) is 3.50. The second kappa shape index (κ2) is 6.22. The normalized spacial score (nSPS) is 12.2. The molecule has 5 heteroatoms. The Morgan fingerprint density at radius 1 is 1.24 bits per heavy atom. The van der Waals surface area contributed by atoms with E-state index in [9.17, 15) is 14.0 Å². The molecule has 0 saturated carbocycles. The van der Waals surface area contributed by atoms with Gasteiger partial charge in [0.15, 0.2) is 0 Å². The molecule has 0 aliphatic heterocycles. The topological polar surface area (TPSA) is 39.1 Å². The molecule has 1 heterocycles. The minimum atomic E-state index is -0.775. The maximum atomic E-state index is 13.0. The molecule has 21 heavy (non-hydrogen) atoms. The van der Waals surface area contributed by atoms with E-state index in [0.717, 1.165) is 0 Å². The summed E-state index contributed by atoms with van der Waals surface area (Å²) in [7, 11) is 0. The highest BCUT2D eigenvalue weighted by Gasteiger charge is 2.17. The fraction of sp³-hybridized carbons (Fsp3) is 0.250. The van der Waals surface area contributed by atoms with Gasteiger partial charge in [0, 0.05) is 6.04 Å². The van der Waals surface area contributed by atoms with E-state index in [0.29, 0.717) is 17.7 Å². The summed E-state index contributed by atoms with van der Waals surface area (Å²) < 4.78 is 14.6. The van der Waals surface area contributed by atoms with E-state index < -0.39 is 10.8 Å².